The Morgan fingerprint density at radius 1 is 0.708 bits per heavy atom. The van der Waals surface area contributed by atoms with E-state index in [-0.39, 0.29) is 34.7 Å². The minimum Gasteiger partial charge on any atom is -0.378 e. The smallest absolute Gasteiger partial charge is 0.271 e. The monoisotopic (exact) mass is 689 g/mol. The number of fused-ring (bicyclic) bond motifs is 1. The highest BCUT2D eigenvalue weighted by atomic mass is 32.2. The Morgan fingerprint density at radius 3 is 1.54 bits per heavy atom. The molecule has 2 aromatic rings. The normalized spacial score (nSPS) is 19.3. The largest absolute Gasteiger partial charge is 0.378 e. The van der Waals surface area contributed by atoms with E-state index in [4.69, 9.17) is 18.9 Å². The third-order valence-corrected chi connectivity index (χ3v) is 9.99. The number of nitrogens with zero attached hydrogens (tertiary/aromatic N) is 7. The van der Waals surface area contributed by atoms with E-state index in [1.165, 1.54) is 18.2 Å². The fraction of sp³-hybridized carbons (Fsp3) is 0.633. The lowest BCUT2D eigenvalue weighted by Crippen LogP contribution is -2.53. The highest BCUT2D eigenvalue weighted by Crippen LogP contribution is 2.33. The summed E-state index contributed by atoms with van der Waals surface area (Å²) < 4.78 is 23.4. The van der Waals surface area contributed by atoms with Gasteiger partial charge in [-0.05, 0) is 6.07 Å². The van der Waals surface area contributed by atoms with E-state index in [2.05, 4.69) is 4.98 Å². The van der Waals surface area contributed by atoms with E-state index in [0.717, 1.165) is 11.8 Å². The molecular weight excluding hydrogens is 650 g/mol. The highest BCUT2D eigenvalue weighted by molar-refractivity contribution is 8.01. The number of carbonyl (C=O) groups excluding carboxylic acids is 4. The molecule has 0 atom stereocenters. The maximum Gasteiger partial charge on any atom is 0.271 e. The predicted molar refractivity (Wildman–Crippen MR) is 169 cm³/mol. The maximum absolute atomic E-state index is 14.1. The van der Waals surface area contributed by atoms with Crippen LogP contribution in [0.3, 0.4) is 0 Å². The van der Waals surface area contributed by atoms with Crippen molar-refractivity contribution in [1.29, 1.82) is 0 Å². The number of hydrogen-bond donors (Lipinski definition) is 0. The van der Waals surface area contributed by atoms with Gasteiger partial charge in [0.25, 0.3) is 5.69 Å². The van der Waals surface area contributed by atoms with Crippen LogP contribution >= 0.6 is 11.8 Å². The zero-order valence-corrected chi connectivity index (χ0v) is 27.3. The summed E-state index contributed by atoms with van der Waals surface area (Å²) in [6.45, 7) is 5.16. The van der Waals surface area contributed by atoms with Crippen molar-refractivity contribution in [2.75, 3.05) is 105 Å². The Bertz CT molecular complexity index is 1450. The van der Waals surface area contributed by atoms with Crippen LogP contribution in [-0.2, 0) is 44.7 Å². The maximum atomic E-state index is 14.1. The van der Waals surface area contributed by atoms with Gasteiger partial charge in [0, 0.05) is 71.0 Å². The number of non-ortho nitro benzene ring substituents is 1. The van der Waals surface area contributed by atoms with Crippen LogP contribution in [0.1, 0.15) is 0 Å². The Kier molecular flexibility index (Phi) is 11.1. The number of amides is 4. The fourth-order valence-corrected chi connectivity index (χ4v) is 7.30. The summed E-state index contributed by atoms with van der Waals surface area (Å²) in [5.74, 6) is -2.74. The second kappa shape index (κ2) is 15.6. The van der Waals surface area contributed by atoms with Crippen LogP contribution in [0.5, 0.6) is 0 Å². The van der Waals surface area contributed by atoms with Crippen molar-refractivity contribution in [1.82, 2.24) is 29.2 Å². The van der Waals surface area contributed by atoms with E-state index in [0.29, 0.717) is 111 Å². The molecular formula is C30H39N7O10S. The summed E-state index contributed by atoms with van der Waals surface area (Å²) in [6.07, 6.45) is 0. The first kappa shape index (κ1) is 34.0. The lowest BCUT2D eigenvalue weighted by molar-refractivity contribution is -0.384. The van der Waals surface area contributed by atoms with Crippen LogP contribution in [0, 0.1) is 16.0 Å². The summed E-state index contributed by atoms with van der Waals surface area (Å²) in [4.78, 5) is 78.4. The molecule has 4 fully saturated rings. The predicted octanol–water partition coefficient (Wildman–Crippen LogP) is -0.543. The minimum absolute atomic E-state index is 0.159. The van der Waals surface area contributed by atoms with E-state index in [9.17, 15) is 29.3 Å². The van der Waals surface area contributed by atoms with Crippen molar-refractivity contribution in [3.8, 4) is 0 Å². The van der Waals surface area contributed by atoms with Crippen LogP contribution in [0.15, 0.2) is 23.4 Å². The number of benzene rings is 1. The van der Waals surface area contributed by atoms with Crippen LogP contribution in [0.4, 0.5) is 5.69 Å². The van der Waals surface area contributed by atoms with Crippen molar-refractivity contribution in [2.24, 2.45) is 5.92 Å². The number of thioether (sulfide) groups is 1. The molecule has 0 radical (unpaired) electrons. The van der Waals surface area contributed by atoms with Gasteiger partial charge in [-0.1, -0.05) is 11.8 Å². The van der Waals surface area contributed by atoms with Crippen LogP contribution < -0.4 is 0 Å². The molecule has 4 aliphatic rings. The van der Waals surface area contributed by atoms with Gasteiger partial charge in [0.2, 0.25) is 23.6 Å². The van der Waals surface area contributed by atoms with Gasteiger partial charge in [0.15, 0.2) is 10.4 Å². The van der Waals surface area contributed by atoms with Gasteiger partial charge in [0.1, 0.15) is 5.92 Å². The molecule has 0 bridgehead atoms. The van der Waals surface area contributed by atoms with Crippen molar-refractivity contribution in [3.05, 3.63) is 28.3 Å². The number of ether oxygens (including phenoxy) is 4. The number of nitro benzene ring substituents is 1. The lowest BCUT2D eigenvalue weighted by Gasteiger charge is -2.34. The molecule has 5 heterocycles. The van der Waals surface area contributed by atoms with E-state index in [1.54, 1.807) is 24.2 Å². The average Bonchev–Trinajstić information content (AvgIpc) is 3.48. The minimum atomic E-state index is -1.24. The number of imidazole rings is 1. The number of nitro groups is 1. The van der Waals surface area contributed by atoms with Crippen LogP contribution in [-0.4, -0.2) is 168 Å². The molecule has 17 nitrogen and oxygen atoms in total. The zero-order valence-electron chi connectivity index (χ0n) is 26.5. The number of rotatable bonds is 9. The SMILES string of the molecule is O=C(C(Cn1c(SC(C(=O)N2CCOCC2)C(=O)N2CCOCC2)nc2cc([N+](=O)[O-])ccc21)C(=O)N1CCOCC1)N1CCOCC1. The van der Waals surface area contributed by atoms with E-state index in [1.807, 2.05) is 0 Å². The molecule has 0 saturated carbocycles. The number of morpholine rings is 4. The van der Waals surface area contributed by atoms with Crippen molar-refractivity contribution < 1.29 is 43.0 Å². The summed E-state index contributed by atoms with van der Waals surface area (Å²) in [5.41, 5.74) is 0.466. The second-order valence-corrected chi connectivity index (χ2v) is 12.8. The van der Waals surface area contributed by atoms with Gasteiger partial charge in [-0.3, -0.25) is 29.3 Å². The van der Waals surface area contributed by atoms with Gasteiger partial charge in [0.05, 0.1) is 68.8 Å². The molecule has 1 aromatic carbocycles. The standard InChI is InChI=1S/C30H39N7O10S/c38-26(32-3-11-44-12-4-32)22(27(39)33-5-13-45-14-6-33)20-36-24-2-1-21(37(42)43)19-23(24)31-30(36)48-25(28(40)34-7-15-46-16-8-34)29(41)35-9-17-47-18-10-35/h1-2,19,22,25H,3-18,20H2. The van der Waals surface area contributed by atoms with E-state index < -0.39 is 27.9 Å². The molecule has 260 valence electrons. The van der Waals surface area contributed by atoms with Crippen LogP contribution in [0.25, 0.3) is 11.0 Å². The van der Waals surface area contributed by atoms with Gasteiger partial charge >= 0.3 is 0 Å². The highest BCUT2D eigenvalue weighted by Gasteiger charge is 2.40. The first-order valence-corrected chi connectivity index (χ1v) is 17.0. The summed E-state index contributed by atoms with van der Waals surface area (Å²) in [7, 11) is 0. The van der Waals surface area contributed by atoms with Gasteiger partial charge < -0.3 is 43.1 Å². The molecule has 4 aliphatic heterocycles. The molecule has 6 rings (SSSR count). The molecule has 18 heteroatoms. The average molecular weight is 690 g/mol. The first-order chi connectivity index (χ1) is 23.3. The topological polar surface area (TPSA) is 179 Å². The van der Waals surface area contributed by atoms with Crippen molar-refractivity contribution >= 4 is 52.1 Å². The molecule has 0 aliphatic carbocycles. The number of aromatic nitrogens is 2. The number of hydrogen-bond acceptors (Lipinski definition) is 12. The third-order valence-electron chi connectivity index (χ3n) is 8.83. The lowest BCUT2D eigenvalue weighted by atomic mass is 10.0. The zero-order chi connectivity index (χ0) is 33.6. The molecule has 0 unspecified atom stereocenters. The molecule has 1 aromatic heterocycles. The molecule has 0 spiro atoms. The molecule has 4 saturated heterocycles. The summed E-state index contributed by atoms with van der Waals surface area (Å²) >= 11 is 0.924. The summed E-state index contributed by atoms with van der Waals surface area (Å²) in [5, 5.41) is 10.6. The van der Waals surface area contributed by atoms with Gasteiger partial charge in [-0.25, -0.2) is 4.98 Å². The van der Waals surface area contributed by atoms with Crippen LogP contribution in [0.2, 0.25) is 0 Å². The Hall–Kier alpha value is -3.84. The Morgan fingerprint density at radius 2 is 1.12 bits per heavy atom. The quantitative estimate of drug-likeness (QED) is 0.142. The molecule has 0 N–H and O–H groups in total. The fourth-order valence-electron chi connectivity index (χ4n) is 6.14. The van der Waals surface area contributed by atoms with Crippen molar-refractivity contribution in [3.63, 3.8) is 0 Å². The Labute approximate surface area is 280 Å². The van der Waals surface area contributed by atoms with Crippen molar-refractivity contribution in [2.45, 2.75) is 17.0 Å². The second-order valence-electron chi connectivity index (χ2n) is 11.7. The van der Waals surface area contributed by atoms with E-state index >= 15 is 0 Å². The van der Waals surface area contributed by atoms with Gasteiger partial charge in [-0.2, -0.15) is 0 Å². The third kappa shape index (κ3) is 7.57. The molecule has 4 amide bonds. The summed E-state index contributed by atoms with van der Waals surface area (Å²) in [6, 6.07) is 4.15. The van der Waals surface area contributed by atoms with Gasteiger partial charge in [-0.15, -0.1) is 0 Å². The number of carbonyl (C=O) groups is 4. The molecule has 48 heavy (non-hydrogen) atoms. The first-order valence-electron chi connectivity index (χ1n) is 16.1. The Balaban J connectivity index is 1.40.